The number of hydrogen-bond donors (Lipinski definition) is 2. The van der Waals surface area contributed by atoms with E-state index >= 15 is 0 Å². The maximum absolute atomic E-state index is 13.0. The molecule has 2 aromatic carbocycles. The zero-order valence-electron chi connectivity index (χ0n) is 14.2. The van der Waals surface area contributed by atoms with Crippen LogP contribution in [0.25, 0.3) is 0 Å². The van der Waals surface area contributed by atoms with Crippen LogP contribution in [-0.2, 0) is 14.8 Å². The van der Waals surface area contributed by atoms with Gasteiger partial charge in [0.1, 0.15) is 10.7 Å². The van der Waals surface area contributed by atoms with Gasteiger partial charge in [-0.25, -0.2) is 17.5 Å². The fourth-order valence-electron chi connectivity index (χ4n) is 2.67. The van der Waals surface area contributed by atoms with Gasteiger partial charge in [0, 0.05) is 24.4 Å². The van der Waals surface area contributed by atoms with E-state index in [0.29, 0.717) is 12.3 Å². The molecule has 1 amide bonds. The molecule has 1 aliphatic heterocycles. The topological polar surface area (TPSA) is 84.5 Å². The number of nitrogens with one attached hydrogen (secondary N) is 2. The van der Waals surface area contributed by atoms with Crippen molar-refractivity contribution >= 4 is 33.2 Å². The Kier molecular flexibility index (Phi) is 6.11. The molecule has 0 aliphatic carbocycles. The molecule has 1 fully saturated rings. The number of amides is 1. The van der Waals surface area contributed by atoms with E-state index in [9.17, 15) is 17.6 Å². The van der Waals surface area contributed by atoms with Crippen LogP contribution in [0.5, 0.6) is 0 Å². The van der Waals surface area contributed by atoms with E-state index in [-0.39, 0.29) is 28.1 Å². The molecule has 0 radical (unpaired) electrons. The van der Waals surface area contributed by atoms with Crippen LogP contribution in [0.15, 0.2) is 47.4 Å². The molecule has 9 heteroatoms. The van der Waals surface area contributed by atoms with Crippen molar-refractivity contribution in [2.75, 3.05) is 18.5 Å². The minimum atomic E-state index is -3.90. The van der Waals surface area contributed by atoms with Crippen LogP contribution >= 0.6 is 11.6 Å². The van der Waals surface area contributed by atoms with Gasteiger partial charge in [-0.15, -0.1) is 0 Å². The van der Waals surface area contributed by atoms with E-state index in [0.717, 1.165) is 12.8 Å². The predicted molar refractivity (Wildman–Crippen MR) is 100.0 cm³/mol. The van der Waals surface area contributed by atoms with Crippen LogP contribution in [0, 0.1) is 5.82 Å². The predicted octanol–water partition coefficient (Wildman–Crippen LogP) is 3.19. The van der Waals surface area contributed by atoms with Crippen LogP contribution in [0.4, 0.5) is 10.1 Å². The second-order valence-corrected chi connectivity index (χ2v) is 8.24. The zero-order valence-corrected chi connectivity index (χ0v) is 15.8. The first kappa shape index (κ1) is 19.8. The number of hydrogen-bond acceptors (Lipinski definition) is 4. The van der Waals surface area contributed by atoms with Gasteiger partial charge >= 0.3 is 0 Å². The fraction of sp³-hybridized carbons (Fsp3) is 0.278. The van der Waals surface area contributed by atoms with Crippen molar-refractivity contribution in [2.24, 2.45) is 0 Å². The van der Waals surface area contributed by atoms with Crippen molar-refractivity contribution in [2.45, 2.75) is 23.8 Å². The van der Waals surface area contributed by atoms with Crippen LogP contribution in [0.1, 0.15) is 23.2 Å². The van der Waals surface area contributed by atoms with Crippen molar-refractivity contribution in [1.82, 2.24) is 4.72 Å². The third-order valence-electron chi connectivity index (χ3n) is 4.11. The molecular weight excluding hydrogens is 395 g/mol. The monoisotopic (exact) mass is 412 g/mol. The Hall–Kier alpha value is -2.00. The summed E-state index contributed by atoms with van der Waals surface area (Å²) in [6.07, 6.45) is 1.52. The highest BCUT2D eigenvalue weighted by atomic mass is 35.5. The van der Waals surface area contributed by atoms with Crippen LogP contribution in [-0.4, -0.2) is 33.6 Å². The first-order valence-corrected chi connectivity index (χ1v) is 10.2. The van der Waals surface area contributed by atoms with Gasteiger partial charge in [0.2, 0.25) is 10.0 Å². The average Bonchev–Trinajstić information content (AvgIpc) is 3.16. The molecule has 27 heavy (non-hydrogen) atoms. The highest BCUT2D eigenvalue weighted by molar-refractivity contribution is 7.89. The van der Waals surface area contributed by atoms with Crippen molar-refractivity contribution < 1.29 is 22.3 Å². The van der Waals surface area contributed by atoms with Crippen LogP contribution in [0.3, 0.4) is 0 Å². The molecule has 2 aromatic rings. The highest BCUT2D eigenvalue weighted by Crippen LogP contribution is 2.24. The molecule has 0 unspecified atom stereocenters. The summed E-state index contributed by atoms with van der Waals surface area (Å²) in [7, 11) is -3.90. The van der Waals surface area contributed by atoms with Gasteiger partial charge < -0.3 is 10.1 Å². The molecule has 0 spiro atoms. The Bertz CT molecular complexity index is 929. The van der Waals surface area contributed by atoms with E-state index in [2.05, 4.69) is 10.0 Å². The lowest BCUT2D eigenvalue weighted by atomic mass is 10.2. The number of carbonyl (C=O) groups is 1. The van der Waals surface area contributed by atoms with E-state index in [1.165, 1.54) is 42.5 Å². The third kappa shape index (κ3) is 5.04. The standard InChI is InChI=1S/C18H18ClFN2O4S/c19-16-8-3-12(18(23)22-14-6-4-13(20)5-7-14)10-17(16)27(24,25)21-11-15-2-1-9-26-15/h3-8,10,15,21H,1-2,9,11H2,(H,22,23)/t15-/m0/s1. The Labute approximate surface area is 161 Å². The minimum Gasteiger partial charge on any atom is -0.377 e. The Morgan fingerprint density at radius 3 is 2.63 bits per heavy atom. The van der Waals surface area contributed by atoms with Gasteiger partial charge in [-0.2, -0.15) is 0 Å². The largest absolute Gasteiger partial charge is 0.377 e. The second kappa shape index (κ2) is 8.35. The molecule has 2 N–H and O–H groups in total. The second-order valence-electron chi connectivity index (χ2n) is 6.09. The Morgan fingerprint density at radius 1 is 1.22 bits per heavy atom. The van der Waals surface area contributed by atoms with Gasteiger partial charge in [-0.3, -0.25) is 4.79 Å². The maximum atomic E-state index is 13.0. The van der Waals surface area contributed by atoms with Gasteiger partial charge in [0.25, 0.3) is 5.91 Å². The number of halogens is 2. The summed E-state index contributed by atoms with van der Waals surface area (Å²) < 4.78 is 45.9. The molecule has 0 bridgehead atoms. The molecule has 1 heterocycles. The van der Waals surface area contributed by atoms with Crippen molar-refractivity contribution in [1.29, 1.82) is 0 Å². The van der Waals surface area contributed by atoms with E-state index in [1.54, 1.807) is 0 Å². The molecule has 6 nitrogen and oxygen atoms in total. The van der Waals surface area contributed by atoms with Crippen molar-refractivity contribution in [3.05, 3.63) is 58.9 Å². The fourth-order valence-corrected chi connectivity index (χ4v) is 4.26. The first-order chi connectivity index (χ1) is 12.8. The molecule has 1 atom stereocenters. The normalized spacial score (nSPS) is 17.0. The SMILES string of the molecule is O=C(Nc1ccc(F)cc1)c1ccc(Cl)c(S(=O)(=O)NC[C@@H]2CCCO2)c1. The molecule has 0 saturated carbocycles. The zero-order chi connectivity index (χ0) is 19.4. The van der Waals surface area contributed by atoms with Crippen molar-refractivity contribution in [3.8, 4) is 0 Å². The number of sulfonamides is 1. The smallest absolute Gasteiger partial charge is 0.255 e. The summed E-state index contributed by atoms with van der Waals surface area (Å²) in [5.41, 5.74) is 0.499. The van der Waals surface area contributed by atoms with Crippen LogP contribution < -0.4 is 10.0 Å². The van der Waals surface area contributed by atoms with Gasteiger partial charge in [-0.1, -0.05) is 11.6 Å². The lowest BCUT2D eigenvalue weighted by Crippen LogP contribution is -2.32. The summed E-state index contributed by atoms with van der Waals surface area (Å²) in [6.45, 7) is 0.761. The summed E-state index contributed by atoms with van der Waals surface area (Å²) in [4.78, 5) is 12.2. The molecular formula is C18H18ClFN2O4S. The van der Waals surface area contributed by atoms with Gasteiger partial charge in [0.05, 0.1) is 11.1 Å². The molecule has 3 rings (SSSR count). The van der Waals surface area contributed by atoms with Crippen LogP contribution in [0.2, 0.25) is 5.02 Å². The number of carbonyl (C=O) groups excluding carboxylic acids is 1. The summed E-state index contributed by atoms with van der Waals surface area (Å²) in [5.74, 6) is -0.959. The molecule has 1 saturated heterocycles. The van der Waals surface area contributed by atoms with E-state index in [1.807, 2.05) is 0 Å². The summed E-state index contributed by atoms with van der Waals surface area (Å²) in [6, 6.07) is 9.21. The van der Waals surface area contributed by atoms with Crippen molar-refractivity contribution in [3.63, 3.8) is 0 Å². The number of ether oxygens (including phenoxy) is 1. The molecule has 1 aliphatic rings. The Balaban J connectivity index is 1.76. The lowest BCUT2D eigenvalue weighted by Gasteiger charge is -2.13. The summed E-state index contributed by atoms with van der Waals surface area (Å²) in [5, 5.41) is 2.58. The number of anilines is 1. The quantitative estimate of drug-likeness (QED) is 0.763. The lowest BCUT2D eigenvalue weighted by molar-refractivity contribution is 0.102. The number of rotatable bonds is 6. The summed E-state index contributed by atoms with van der Waals surface area (Å²) >= 11 is 6.03. The minimum absolute atomic E-state index is 0.00757. The molecule has 144 valence electrons. The Morgan fingerprint density at radius 2 is 1.96 bits per heavy atom. The van der Waals surface area contributed by atoms with Gasteiger partial charge in [0.15, 0.2) is 0 Å². The number of benzene rings is 2. The molecule has 0 aromatic heterocycles. The van der Waals surface area contributed by atoms with Gasteiger partial charge in [-0.05, 0) is 55.3 Å². The van der Waals surface area contributed by atoms with E-state index < -0.39 is 21.7 Å². The van der Waals surface area contributed by atoms with E-state index in [4.69, 9.17) is 16.3 Å². The third-order valence-corrected chi connectivity index (χ3v) is 6.02. The maximum Gasteiger partial charge on any atom is 0.255 e. The first-order valence-electron chi connectivity index (χ1n) is 8.33. The highest BCUT2D eigenvalue weighted by Gasteiger charge is 2.23. The average molecular weight is 413 g/mol.